The molecule has 0 spiro atoms. The third kappa shape index (κ3) is 5.75. The van der Waals surface area contributed by atoms with Crippen LogP contribution in [0.5, 0.6) is 0 Å². The normalized spacial score (nSPS) is 12.2. The molecule has 0 aliphatic heterocycles. The summed E-state index contributed by atoms with van der Waals surface area (Å²) in [6.45, 7) is 12.7. The van der Waals surface area contributed by atoms with E-state index in [4.69, 9.17) is 9.52 Å². The zero-order valence-corrected chi connectivity index (χ0v) is 13.6. The van der Waals surface area contributed by atoms with Gasteiger partial charge in [-0.3, -0.25) is 9.69 Å². The molecule has 0 saturated heterocycles. The van der Waals surface area contributed by atoms with Gasteiger partial charge in [0.1, 0.15) is 11.8 Å². The highest BCUT2D eigenvalue weighted by Crippen LogP contribution is 2.12. The van der Waals surface area contributed by atoms with E-state index in [0.29, 0.717) is 25.4 Å². The number of carboxylic acid groups (broad SMARTS) is 1. The number of hydrogen-bond acceptors (Lipinski definition) is 4. The van der Waals surface area contributed by atoms with Gasteiger partial charge >= 0.3 is 5.97 Å². The summed E-state index contributed by atoms with van der Waals surface area (Å²) in [5.41, 5.74) is 0. The van der Waals surface area contributed by atoms with E-state index in [1.807, 2.05) is 4.90 Å². The maximum absolute atomic E-state index is 12.1. The van der Waals surface area contributed by atoms with Crippen molar-refractivity contribution in [2.45, 2.75) is 26.4 Å². The Morgan fingerprint density at radius 1 is 1.30 bits per heavy atom. The molecule has 1 unspecified atom stereocenters. The van der Waals surface area contributed by atoms with Gasteiger partial charge < -0.3 is 14.8 Å². The molecule has 2 N–H and O–H groups in total. The summed E-state index contributed by atoms with van der Waals surface area (Å²) in [6.07, 6.45) is 3.56. The summed E-state index contributed by atoms with van der Waals surface area (Å²) in [7, 11) is 0. The second-order valence-electron chi connectivity index (χ2n) is 5.57. The number of carbonyl (C=O) groups is 2. The maximum Gasteiger partial charge on any atom is 0.326 e. The van der Waals surface area contributed by atoms with Gasteiger partial charge in [-0.15, -0.1) is 13.2 Å². The Kier molecular flexibility index (Phi) is 7.28. The summed E-state index contributed by atoms with van der Waals surface area (Å²) >= 11 is 0. The summed E-state index contributed by atoms with van der Waals surface area (Å²) in [6, 6.07) is 2.30. The van der Waals surface area contributed by atoms with Crippen molar-refractivity contribution in [1.29, 1.82) is 0 Å². The van der Waals surface area contributed by atoms with Crippen molar-refractivity contribution in [3.05, 3.63) is 49.0 Å². The molecule has 126 valence electrons. The predicted octanol–water partition coefficient (Wildman–Crippen LogP) is 2.29. The van der Waals surface area contributed by atoms with Crippen LogP contribution in [-0.4, -0.2) is 41.0 Å². The molecule has 1 aromatic heterocycles. The number of nitrogens with zero attached hydrogens (tertiary/aromatic N) is 1. The molecule has 0 radical (unpaired) electrons. The summed E-state index contributed by atoms with van der Waals surface area (Å²) in [5, 5.41) is 11.6. The molecule has 0 aromatic carbocycles. The van der Waals surface area contributed by atoms with Crippen LogP contribution in [0.25, 0.3) is 0 Å². The molecule has 1 heterocycles. The van der Waals surface area contributed by atoms with Crippen molar-refractivity contribution < 1.29 is 19.1 Å². The number of aliphatic carboxylic acids is 1. The van der Waals surface area contributed by atoms with Crippen molar-refractivity contribution in [3.8, 4) is 0 Å². The average molecular weight is 320 g/mol. The second-order valence-corrected chi connectivity index (χ2v) is 5.57. The Balaban J connectivity index is 2.74. The molecule has 0 fully saturated rings. The lowest BCUT2D eigenvalue weighted by atomic mass is 10.0. The highest BCUT2D eigenvalue weighted by molar-refractivity contribution is 5.94. The monoisotopic (exact) mass is 320 g/mol. The summed E-state index contributed by atoms with van der Waals surface area (Å²) < 4.78 is 5.51. The van der Waals surface area contributed by atoms with E-state index in [2.05, 4.69) is 18.5 Å². The first kappa shape index (κ1) is 18.7. The molecule has 0 saturated carbocycles. The zero-order valence-electron chi connectivity index (χ0n) is 13.6. The topological polar surface area (TPSA) is 82.8 Å². The fourth-order valence-electron chi connectivity index (χ4n) is 2.10. The van der Waals surface area contributed by atoms with E-state index in [9.17, 15) is 9.59 Å². The lowest BCUT2D eigenvalue weighted by molar-refractivity contribution is -0.140. The SMILES string of the molecule is C=CCN(CC=C)Cc1ccc(C(=O)NC(C(=O)O)C(C)C)o1. The van der Waals surface area contributed by atoms with Crippen molar-refractivity contribution in [3.63, 3.8) is 0 Å². The highest BCUT2D eigenvalue weighted by Gasteiger charge is 2.25. The minimum absolute atomic E-state index is 0.101. The zero-order chi connectivity index (χ0) is 17.4. The third-order valence-electron chi connectivity index (χ3n) is 3.26. The number of rotatable bonds is 10. The first-order chi connectivity index (χ1) is 10.9. The summed E-state index contributed by atoms with van der Waals surface area (Å²) in [5.74, 6) is -1.10. The predicted molar refractivity (Wildman–Crippen MR) is 88.1 cm³/mol. The van der Waals surface area contributed by atoms with Crippen LogP contribution >= 0.6 is 0 Å². The van der Waals surface area contributed by atoms with Crippen molar-refractivity contribution in [2.24, 2.45) is 5.92 Å². The maximum atomic E-state index is 12.1. The van der Waals surface area contributed by atoms with Gasteiger partial charge in [-0.05, 0) is 18.1 Å². The Morgan fingerprint density at radius 2 is 1.91 bits per heavy atom. The second kappa shape index (κ2) is 8.95. The van der Waals surface area contributed by atoms with Gasteiger partial charge in [0.2, 0.25) is 0 Å². The molecule has 1 rings (SSSR count). The highest BCUT2D eigenvalue weighted by atomic mass is 16.4. The van der Waals surface area contributed by atoms with E-state index >= 15 is 0 Å². The fraction of sp³-hybridized carbons (Fsp3) is 0.412. The van der Waals surface area contributed by atoms with Gasteiger partial charge in [-0.25, -0.2) is 4.79 Å². The first-order valence-electron chi connectivity index (χ1n) is 7.45. The van der Waals surface area contributed by atoms with Gasteiger partial charge in [-0.2, -0.15) is 0 Å². The van der Waals surface area contributed by atoms with Gasteiger partial charge in [0.15, 0.2) is 5.76 Å². The molecule has 0 aliphatic rings. The number of hydrogen-bond donors (Lipinski definition) is 2. The molecule has 1 atom stereocenters. The van der Waals surface area contributed by atoms with E-state index < -0.39 is 17.9 Å². The Hall–Kier alpha value is -2.34. The van der Waals surface area contributed by atoms with Crippen molar-refractivity contribution >= 4 is 11.9 Å². The van der Waals surface area contributed by atoms with Gasteiger partial charge in [0.25, 0.3) is 5.91 Å². The molecular weight excluding hydrogens is 296 g/mol. The van der Waals surface area contributed by atoms with E-state index in [0.717, 1.165) is 0 Å². The minimum atomic E-state index is -1.07. The molecule has 6 nitrogen and oxygen atoms in total. The molecule has 23 heavy (non-hydrogen) atoms. The lowest BCUT2D eigenvalue weighted by Crippen LogP contribution is -2.44. The van der Waals surface area contributed by atoms with E-state index in [1.54, 1.807) is 38.1 Å². The molecule has 0 bridgehead atoms. The minimum Gasteiger partial charge on any atom is -0.480 e. The number of carboxylic acids is 1. The van der Waals surface area contributed by atoms with Crippen LogP contribution in [0.1, 0.15) is 30.2 Å². The number of furan rings is 1. The van der Waals surface area contributed by atoms with Crippen molar-refractivity contribution in [1.82, 2.24) is 10.2 Å². The number of amides is 1. The number of carbonyl (C=O) groups excluding carboxylic acids is 1. The smallest absolute Gasteiger partial charge is 0.326 e. The van der Waals surface area contributed by atoms with Gasteiger partial charge in [0.05, 0.1) is 6.54 Å². The van der Waals surface area contributed by atoms with Gasteiger partial charge in [0, 0.05) is 13.1 Å². The molecule has 1 aromatic rings. The number of nitrogens with one attached hydrogen (secondary N) is 1. The molecule has 6 heteroatoms. The van der Waals surface area contributed by atoms with Crippen LogP contribution in [0.3, 0.4) is 0 Å². The third-order valence-corrected chi connectivity index (χ3v) is 3.26. The first-order valence-corrected chi connectivity index (χ1v) is 7.45. The van der Waals surface area contributed by atoms with Crippen LogP contribution in [0, 0.1) is 5.92 Å². The Morgan fingerprint density at radius 3 is 2.39 bits per heavy atom. The fourth-order valence-corrected chi connectivity index (χ4v) is 2.10. The lowest BCUT2D eigenvalue weighted by Gasteiger charge is -2.17. The van der Waals surface area contributed by atoms with Crippen LogP contribution in [0.2, 0.25) is 0 Å². The average Bonchev–Trinajstić information content (AvgIpc) is 2.93. The van der Waals surface area contributed by atoms with E-state index in [-0.39, 0.29) is 11.7 Å². The van der Waals surface area contributed by atoms with Crippen LogP contribution < -0.4 is 5.32 Å². The van der Waals surface area contributed by atoms with Gasteiger partial charge in [-0.1, -0.05) is 26.0 Å². The quantitative estimate of drug-likeness (QED) is 0.646. The van der Waals surface area contributed by atoms with Crippen LogP contribution in [0.4, 0.5) is 0 Å². The Bertz CT molecular complexity index is 553. The standard InChI is InChI=1S/C17H24N2O4/c1-5-9-19(10-6-2)11-13-7-8-14(23-13)16(20)18-15(12(3)4)17(21)22/h5-8,12,15H,1-2,9-11H2,3-4H3,(H,18,20)(H,21,22). The largest absolute Gasteiger partial charge is 0.480 e. The summed E-state index contributed by atoms with van der Waals surface area (Å²) in [4.78, 5) is 25.3. The molecule has 0 aliphatic carbocycles. The molecular formula is C17H24N2O4. The van der Waals surface area contributed by atoms with Crippen LogP contribution in [-0.2, 0) is 11.3 Å². The Labute approximate surface area is 136 Å². The van der Waals surface area contributed by atoms with Crippen molar-refractivity contribution in [2.75, 3.05) is 13.1 Å². The molecule has 1 amide bonds. The van der Waals surface area contributed by atoms with Crippen LogP contribution in [0.15, 0.2) is 41.9 Å². The van der Waals surface area contributed by atoms with E-state index in [1.165, 1.54) is 0 Å².